The molecule has 0 unspecified atom stereocenters. The summed E-state index contributed by atoms with van der Waals surface area (Å²) in [5, 5.41) is 3.16. The molecule has 1 aromatic heterocycles. The third kappa shape index (κ3) is 3.72. The third-order valence-electron chi connectivity index (χ3n) is 2.73. The molecule has 0 aliphatic heterocycles. The molecule has 6 nitrogen and oxygen atoms in total. The highest BCUT2D eigenvalue weighted by atomic mass is 16.5. The third-order valence-corrected chi connectivity index (χ3v) is 2.73. The van der Waals surface area contributed by atoms with Gasteiger partial charge in [-0.1, -0.05) is 12.8 Å². The second-order valence-electron chi connectivity index (χ2n) is 4.14. The number of hydrogen-bond donors (Lipinski definition) is 1. The molecule has 1 aromatic rings. The van der Waals surface area contributed by atoms with Gasteiger partial charge in [0, 0.05) is 6.54 Å². The summed E-state index contributed by atoms with van der Waals surface area (Å²) in [7, 11) is 3.04. The van der Waals surface area contributed by atoms with Gasteiger partial charge < -0.3 is 14.8 Å². The molecule has 1 saturated carbocycles. The molecule has 0 amide bonds. The molecule has 0 radical (unpaired) electrons. The molecular weight excluding hydrogens is 220 g/mol. The number of nitrogens with zero attached hydrogens (tertiary/aromatic N) is 3. The lowest BCUT2D eigenvalue weighted by Crippen LogP contribution is -2.08. The van der Waals surface area contributed by atoms with Crippen LogP contribution in [0.5, 0.6) is 12.0 Å². The molecule has 0 spiro atoms. The van der Waals surface area contributed by atoms with E-state index in [1.165, 1.54) is 33.5 Å². The van der Waals surface area contributed by atoms with Crippen LogP contribution in [0.25, 0.3) is 0 Å². The van der Waals surface area contributed by atoms with E-state index in [4.69, 9.17) is 9.47 Å². The van der Waals surface area contributed by atoms with Crippen molar-refractivity contribution in [2.45, 2.75) is 25.7 Å². The lowest BCUT2D eigenvalue weighted by Gasteiger charge is -2.06. The number of methoxy groups -OCH3 is 2. The summed E-state index contributed by atoms with van der Waals surface area (Å²) in [6, 6.07) is 0.531. The van der Waals surface area contributed by atoms with Crippen molar-refractivity contribution in [1.82, 2.24) is 15.0 Å². The number of ether oxygens (including phenoxy) is 2. The normalized spacial score (nSPS) is 14.5. The predicted molar refractivity (Wildman–Crippen MR) is 63.4 cm³/mol. The minimum Gasteiger partial charge on any atom is -0.467 e. The van der Waals surface area contributed by atoms with E-state index in [0.717, 1.165) is 18.9 Å². The van der Waals surface area contributed by atoms with Gasteiger partial charge in [-0.15, -0.1) is 4.98 Å². The minimum atomic E-state index is 0.265. The van der Waals surface area contributed by atoms with Crippen LogP contribution < -0.4 is 14.8 Å². The zero-order chi connectivity index (χ0) is 12.1. The first-order chi connectivity index (χ1) is 8.31. The molecule has 1 fully saturated rings. The monoisotopic (exact) mass is 238 g/mol. The highest BCUT2D eigenvalue weighted by Gasteiger charge is 2.20. The van der Waals surface area contributed by atoms with Crippen molar-refractivity contribution in [3.8, 4) is 12.0 Å². The molecule has 0 bridgehead atoms. The second kappa shape index (κ2) is 5.65. The van der Waals surface area contributed by atoms with Crippen LogP contribution in [0.3, 0.4) is 0 Å². The predicted octanol–water partition coefficient (Wildman–Crippen LogP) is 1.49. The number of hydrogen-bond acceptors (Lipinski definition) is 6. The van der Waals surface area contributed by atoms with Crippen LogP contribution in [-0.4, -0.2) is 35.7 Å². The Morgan fingerprint density at radius 1 is 1.12 bits per heavy atom. The molecule has 17 heavy (non-hydrogen) atoms. The Labute approximate surface area is 101 Å². The van der Waals surface area contributed by atoms with Crippen LogP contribution in [0.2, 0.25) is 0 Å². The van der Waals surface area contributed by atoms with Gasteiger partial charge in [0.05, 0.1) is 14.2 Å². The number of rotatable bonds is 7. The van der Waals surface area contributed by atoms with E-state index in [1.807, 2.05) is 0 Å². The van der Waals surface area contributed by atoms with Gasteiger partial charge in [-0.05, 0) is 18.8 Å². The van der Waals surface area contributed by atoms with Crippen molar-refractivity contribution in [2.75, 3.05) is 26.1 Å². The maximum absolute atomic E-state index is 4.97. The zero-order valence-corrected chi connectivity index (χ0v) is 10.3. The highest BCUT2D eigenvalue weighted by molar-refractivity contribution is 5.27. The van der Waals surface area contributed by atoms with Crippen LogP contribution in [0.1, 0.15) is 25.7 Å². The van der Waals surface area contributed by atoms with Gasteiger partial charge >= 0.3 is 12.0 Å². The Balaban J connectivity index is 1.84. The fourth-order valence-corrected chi connectivity index (χ4v) is 1.60. The van der Waals surface area contributed by atoms with Crippen LogP contribution in [0, 0.1) is 5.92 Å². The fraction of sp³-hybridized carbons (Fsp3) is 0.727. The smallest absolute Gasteiger partial charge is 0.324 e. The van der Waals surface area contributed by atoms with Crippen molar-refractivity contribution in [1.29, 1.82) is 0 Å². The summed E-state index contributed by atoms with van der Waals surface area (Å²) in [5.74, 6) is 1.46. The molecular formula is C11H18N4O2. The summed E-state index contributed by atoms with van der Waals surface area (Å²) in [6.07, 6.45) is 5.22. The fourth-order valence-electron chi connectivity index (χ4n) is 1.60. The van der Waals surface area contributed by atoms with Gasteiger partial charge in [0.15, 0.2) is 0 Å². The Morgan fingerprint density at radius 2 is 1.76 bits per heavy atom. The molecule has 0 atom stereocenters. The van der Waals surface area contributed by atoms with E-state index >= 15 is 0 Å². The zero-order valence-electron chi connectivity index (χ0n) is 10.3. The van der Waals surface area contributed by atoms with Gasteiger partial charge in [0.25, 0.3) is 0 Å². The van der Waals surface area contributed by atoms with E-state index < -0.39 is 0 Å². The van der Waals surface area contributed by atoms with Crippen LogP contribution in [0.15, 0.2) is 0 Å². The van der Waals surface area contributed by atoms with Crippen molar-refractivity contribution < 1.29 is 9.47 Å². The molecule has 0 aromatic carbocycles. The number of nitrogens with one attached hydrogen (secondary N) is 1. The molecule has 2 rings (SSSR count). The number of aromatic nitrogens is 3. The molecule has 1 aliphatic carbocycles. The molecule has 6 heteroatoms. The van der Waals surface area contributed by atoms with Crippen molar-refractivity contribution >= 4 is 5.95 Å². The molecule has 1 heterocycles. The van der Waals surface area contributed by atoms with Gasteiger partial charge in [-0.25, -0.2) is 0 Å². The van der Waals surface area contributed by atoms with E-state index in [2.05, 4.69) is 20.3 Å². The SMILES string of the molecule is COc1nc(NCCCC2CC2)nc(OC)n1. The van der Waals surface area contributed by atoms with Crippen molar-refractivity contribution in [2.24, 2.45) is 5.92 Å². The first-order valence-electron chi connectivity index (χ1n) is 5.89. The first-order valence-corrected chi connectivity index (χ1v) is 5.89. The largest absolute Gasteiger partial charge is 0.467 e. The van der Waals surface area contributed by atoms with E-state index in [0.29, 0.717) is 5.95 Å². The minimum absolute atomic E-state index is 0.265. The molecule has 94 valence electrons. The summed E-state index contributed by atoms with van der Waals surface area (Å²) in [6.45, 7) is 0.868. The van der Waals surface area contributed by atoms with Crippen LogP contribution in [-0.2, 0) is 0 Å². The Morgan fingerprint density at radius 3 is 2.29 bits per heavy atom. The van der Waals surface area contributed by atoms with Crippen LogP contribution >= 0.6 is 0 Å². The summed E-state index contributed by atoms with van der Waals surface area (Å²) < 4.78 is 9.94. The van der Waals surface area contributed by atoms with E-state index in [1.54, 1.807) is 0 Å². The highest BCUT2D eigenvalue weighted by Crippen LogP contribution is 2.33. The summed E-state index contributed by atoms with van der Waals surface area (Å²) in [4.78, 5) is 12.1. The van der Waals surface area contributed by atoms with E-state index in [9.17, 15) is 0 Å². The van der Waals surface area contributed by atoms with Crippen molar-refractivity contribution in [3.05, 3.63) is 0 Å². The average molecular weight is 238 g/mol. The molecule has 0 saturated heterocycles. The van der Waals surface area contributed by atoms with Gasteiger partial charge in [-0.2, -0.15) is 9.97 Å². The molecule has 1 N–H and O–H groups in total. The van der Waals surface area contributed by atoms with E-state index in [-0.39, 0.29) is 12.0 Å². The van der Waals surface area contributed by atoms with Gasteiger partial charge in [0.1, 0.15) is 0 Å². The average Bonchev–Trinajstić information content (AvgIpc) is 3.18. The lowest BCUT2D eigenvalue weighted by atomic mass is 10.2. The lowest BCUT2D eigenvalue weighted by molar-refractivity contribution is 0.341. The summed E-state index contributed by atoms with van der Waals surface area (Å²) in [5.41, 5.74) is 0. The van der Waals surface area contributed by atoms with Gasteiger partial charge in [0.2, 0.25) is 5.95 Å². The summed E-state index contributed by atoms with van der Waals surface area (Å²) >= 11 is 0. The topological polar surface area (TPSA) is 69.2 Å². The van der Waals surface area contributed by atoms with Gasteiger partial charge in [-0.3, -0.25) is 0 Å². The Kier molecular flexibility index (Phi) is 3.95. The second-order valence-corrected chi connectivity index (χ2v) is 4.14. The Bertz CT molecular complexity index is 346. The Hall–Kier alpha value is -1.59. The van der Waals surface area contributed by atoms with Crippen LogP contribution in [0.4, 0.5) is 5.95 Å². The maximum Gasteiger partial charge on any atom is 0.324 e. The molecule has 1 aliphatic rings. The quantitative estimate of drug-likeness (QED) is 0.726. The first kappa shape index (κ1) is 11.9. The number of anilines is 1. The van der Waals surface area contributed by atoms with Crippen molar-refractivity contribution in [3.63, 3.8) is 0 Å². The maximum atomic E-state index is 4.97. The standard InChI is InChI=1S/C11H18N4O2/c1-16-10-13-9(14-11(15-10)17-2)12-7-3-4-8-5-6-8/h8H,3-7H2,1-2H3,(H,12,13,14,15).